The van der Waals surface area contributed by atoms with Crippen LogP contribution < -0.4 is 10.1 Å². The van der Waals surface area contributed by atoms with Crippen LogP contribution in [0.25, 0.3) is 0 Å². The van der Waals surface area contributed by atoms with Crippen LogP contribution in [0.2, 0.25) is 5.02 Å². The lowest BCUT2D eigenvalue weighted by atomic mass is 10.3. The van der Waals surface area contributed by atoms with Gasteiger partial charge in [0, 0.05) is 12.6 Å². The molecule has 6 heteroatoms. The van der Waals surface area contributed by atoms with E-state index in [9.17, 15) is 5.11 Å². The standard InChI is InChI=1S/C15H24ClNO4/c1-11(2)21-7-6-20-10-12(18)9-17-15-8-13(19-3)4-5-14(15)16/h4-5,8,11-12,17-18H,6-7,9-10H2,1-3H3. The molecule has 1 aromatic rings. The Morgan fingerprint density at radius 2 is 2.05 bits per heavy atom. The lowest BCUT2D eigenvalue weighted by Crippen LogP contribution is -2.26. The van der Waals surface area contributed by atoms with Crippen molar-refractivity contribution < 1.29 is 19.3 Å². The van der Waals surface area contributed by atoms with Crippen LogP contribution in [0, 0.1) is 0 Å². The van der Waals surface area contributed by atoms with Gasteiger partial charge in [0.05, 0.1) is 49.8 Å². The maximum absolute atomic E-state index is 9.83. The normalized spacial score (nSPS) is 12.5. The lowest BCUT2D eigenvalue weighted by Gasteiger charge is -2.15. The van der Waals surface area contributed by atoms with Crippen LogP contribution in [-0.4, -0.2) is 50.8 Å². The summed E-state index contributed by atoms with van der Waals surface area (Å²) in [5.74, 6) is 0.707. The summed E-state index contributed by atoms with van der Waals surface area (Å²) in [6.07, 6.45) is -0.429. The molecular weight excluding hydrogens is 294 g/mol. The molecule has 120 valence electrons. The predicted octanol–water partition coefficient (Wildman–Crippen LogP) is 2.56. The SMILES string of the molecule is COc1ccc(Cl)c(NCC(O)COCCOC(C)C)c1. The summed E-state index contributed by atoms with van der Waals surface area (Å²) >= 11 is 6.06. The summed E-state index contributed by atoms with van der Waals surface area (Å²) in [6, 6.07) is 5.31. The highest BCUT2D eigenvalue weighted by molar-refractivity contribution is 6.33. The molecule has 0 aliphatic rings. The Balaban J connectivity index is 2.25. The summed E-state index contributed by atoms with van der Waals surface area (Å²) < 4.78 is 15.8. The second-order valence-electron chi connectivity index (χ2n) is 4.87. The van der Waals surface area contributed by atoms with E-state index in [-0.39, 0.29) is 12.7 Å². The summed E-state index contributed by atoms with van der Waals surface area (Å²) in [5, 5.41) is 13.5. The Labute approximate surface area is 131 Å². The van der Waals surface area contributed by atoms with Crippen LogP contribution in [0.3, 0.4) is 0 Å². The van der Waals surface area contributed by atoms with Gasteiger partial charge in [-0.2, -0.15) is 0 Å². The molecule has 0 aliphatic heterocycles. The summed E-state index contributed by atoms with van der Waals surface area (Å²) in [7, 11) is 1.59. The monoisotopic (exact) mass is 317 g/mol. The fraction of sp³-hybridized carbons (Fsp3) is 0.600. The van der Waals surface area contributed by atoms with Crippen molar-refractivity contribution in [1.29, 1.82) is 0 Å². The molecule has 0 aromatic heterocycles. The van der Waals surface area contributed by atoms with E-state index in [1.165, 1.54) is 0 Å². The maximum atomic E-state index is 9.83. The van der Waals surface area contributed by atoms with Crippen LogP contribution in [0.4, 0.5) is 5.69 Å². The topological polar surface area (TPSA) is 60.0 Å². The van der Waals surface area contributed by atoms with E-state index in [0.29, 0.717) is 30.5 Å². The van der Waals surface area contributed by atoms with E-state index in [1.54, 1.807) is 25.3 Å². The van der Waals surface area contributed by atoms with Crippen molar-refractivity contribution in [2.75, 3.05) is 38.8 Å². The first-order valence-corrected chi connectivity index (χ1v) is 7.35. The molecule has 5 nitrogen and oxygen atoms in total. The molecule has 1 atom stereocenters. The Kier molecular flexibility index (Phi) is 8.45. The molecule has 0 bridgehead atoms. The zero-order valence-corrected chi connectivity index (χ0v) is 13.5. The molecule has 0 radical (unpaired) electrons. The molecule has 1 aromatic carbocycles. The van der Waals surface area contributed by atoms with Crippen molar-refractivity contribution in [1.82, 2.24) is 0 Å². The molecule has 0 spiro atoms. The molecular formula is C15H24ClNO4. The van der Waals surface area contributed by atoms with Gasteiger partial charge in [0.25, 0.3) is 0 Å². The van der Waals surface area contributed by atoms with Crippen LogP contribution in [0.1, 0.15) is 13.8 Å². The van der Waals surface area contributed by atoms with E-state index in [4.69, 9.17) is 25.8 Å². The molecule has 0 amide bonds. The third-order valence-corrected chi connectivity index (χ3v) is 3.02. The van der Waals surface area contributed by atoms with E-state index >= 15 is 0 Å². The van der Waals surface area contributed by atoms with E-state index < -0.39 is 6.10 Å². The first-order chi connectivity index (χ1) is 10.0. The highest BCUT2D eigenvalue weighted by Gasteiger charge is 2.07. The predicted molar refractivity (Wildman–Crippen MR) is 84.4 cm³/mol. The summed E-state index contributed by atoms with van der Waals surface area (Å²) in [5.41, 5.74) is 0.721. The minimum atomic E-state index is -0.619. The van der Waals surface area contributed by atoms with Gasteiger partial charge in [-0.15, -0.1) is 0 Å². The molecule has 2 N–H and O–H groups in total. The Bertz CT molecular complexity index is 415. The quantitative estimate of drug-likeness (QED) is 0.649. The molecule has 1 unspecified atom stereocenters. The lowest BCUT2D eigenvalue weighted by molar-refractivity contribution is -0.00734. The largest absolute Gasteiger partial charge is 0.497 e. The molecule has 0 saturated carbocycles. The van der Waals surface area contributed by atoms with Gasteiger partial charge in [-0.1, -0.05) is 11.6 Å². The van der Waals surface area contributed by atoms with Gasteiger partial charge < -0.3 is 24.6 Å². The number of halogens is 1. The number of nitrogens with one attached hydrogen (secondary N) is 1. The molecule has 0 heterocycles. The second kappa shape index (κ2) is 9.84. The van der Waals surface area contributed by atoms with E-state index in [1.807, 2.05) is 13.8 Å². The number of hydrogen-bond acceptors (Lipinski definition) is 5. The minimum absolute atomic E-state index is 0.190. The fourth-order valence-corrected chi connectivity index (χ4v) is 1.80. The number of rotatable bonds is 10. The van der Waals surface area contributed by atoms with Gasteiger partial charge in [-0.25, -0.2) is 0 Å². The Morgan fingerprint density at radius 3 is 2.71 bits per heavy atom. The third kappa shape index (κ3) is 7.52. The summed E-state index contributed by atoms with van der Waals surface area (Å²) in [4.78, 5) is 0. The van der Waals surface area contributed by atoms with Crippen molar-refractivity contribution in [2.45, 2.75) is 26.1 Å². The van der Waals surface area contributed by atoms with Gasteiger partial charge in [-0.05, 0) is 26.0 Å². The van der Waals surface area contributed by atoms with Crippen molar-refractivity contribution in [2.24, 2.45) is 0 Å². The maximum Gasteiger partial charge on any atom is 0.121 e. The van der Waals surface area contributed by atoms with Crippen molar-refractivity contribution in [3.05, 3.63) is 23.2 Å². The average molecular weight is 318 g/mol. The van der Waals surface area contributed by atoms with E-state index in [0.717, 1.165) is 5.69 Å². The first kappa shape index (κ1) is 18.0. The Morgan fingerprint density at radius 1 is 1.29 bits per heavy atom. The molecule has 0 fully saturated rings. The fourth-order valence-electron chi connectivity index (χ4n) is 1.62. The number of methoxy groups -OCH3 is 1. The van der Waals surface area contributed by atoms with Crippen molar-refractivity contribution >= 4 is 17.3 Å². The van der Waals surface area contributed by atoms with Crippen LogP contribution in [0.5, 0.6) is 5.75 Å². The summed E-state index contributed by atoms with van der Waals surface area (Å²) in [6.45, 7) is 5.52. The smallest absolute Gasteiger partial charge is 0.121 e. The van der Waals surface area contributed by atoms with Crippen LogP contribution in [0.15, 0.2) is 18.2 Å². The number of benzene rings is 1. The molecule has 1 rings (SSSR count). The number of hydrogen-bond donors (Lipinski definition) is 2. The molecule has 21 heavy (non-hydrogen) atoms. The van der Waals surface area contributed by atoms with Gasteiger partial charge in [0.15, 0.2) is 0 Å². The second-order valence-corrected chi connectivity index (χ2v) is 5.28. The van der Waals surface area contributed by atoms with E-state index in [2.05, 4.69) is 5.32 Å². The van der Waals surface area contributed by atoms with Crippen LogP contribution >= 0.6 is 11.6 Å². The zero-order chi connectivity index (χ0) is 15.7. The number of ether oxygens (including phenoxy) is 3. The number of aliphatic hydroxyl groups excluding tert-OH is 1. The van der Waals surface area contributed by atoms with Crippen molar-refractivity contribution in [3.63, 3.8) is 0 Å². The van der Waals surface area contributed by atoms with Gasteiger partial charge in [0.2, 0.25) is 0 Å². The average Bonchev–Trinajstić information content (AvgIpc) is 2.45. The third-order valence-electron chi connectivity index (χ3n) is 2.69. The van der Waals surface area contributed by atoms with Gasteiger partial charge in [-0.3, -0.25) is 0 Å². The number of aliphatic hydroxyl groups is 1. The molecule has 0 aliphatic carbocycles. The minimum Gasteiger partial charge on any atom is -0.497 e. The van der Waals surface area contributed by atoms with Gasteiger partial charge in [0.1, 0.15) is 5.75 Å². The Hall–Kier alpha value is -1.01. The highest BCUT2D eigenvalue weighted by atomic mass is 35.5. The zero-order valence-electron chi connectivity index (χ0n) is 12.8. The number of anilines is 1. The first-order valence-electron chi connectivity index (χ1n) is 6.97. The van der Waals surface area contributed by atoms with Crippen LogP contribution in [-0.2, 0) is 9.47 Å². The highest BCUT2D eigenvalue weighted by Crippen LogP contribution is 2.26. The molecule has 0 saturated heterocycles. The van der Waals surface area contributed by atoms with Crippen molar-refractivity contribution in [3.8, 4) is 5.75 Å². The van der Waals surface area contributed by atoms with Gasteiger partial charge >= 0.3 is 0 Å².